The van der Waals surface area contributed by atoms with Crippen LogP contribution in [0.15, 0.2) is 23.1 Å². The van der Waals surface area contributed by atoms with E-state index >= 15 is 0 Å². The minimum atomic E-state index is -0.188. The van der Waals surface area contributed by atoms with Crippen molar-refractivity contribution in [3.8, 4) is 5.75 Å². The Morgan fingerprint density at radius 3 is 2.69 bits per heavy atom. The van der Waals surface area contributed by atoms with Crippen molar-refractivity contribution < 1.29 is 9.90 Å². The first-order valence-corrected chi connectivity index (χ1v) is 5.00. The molecule has 13 heavy (non-hydrogen) atoms. The van der Waals surface area contributed by atoms with Crippen molar-refractivity contribution in [2.24, 2.45) is 0 Å². The van der Waals surface area contributed by atoms with Gasteiger partial charge in [-0.15, -0.1) is 11.8 Å². The van der Waals surface area contributed by atoms with E-state index in [9.17, 15) is 9.90 Å². The van der Waals surface area contributed by atoms with E-state index in [2.05, 4.69) is 5.32 Å². The lowest BCUT2D eigenvalue weighted by Crippen LogP contribution is -2.05. The number of aromatic hydroxyl groups is 1. The number of hydrogen-bond acceptors (Lipinski definition) is 3. The molecule has 70 valence electrons. The monoisotopic (exact) mass is 197 g/mol. The molecule has 0 bridgehead atoms. The molecule has 1 rings (SSSR count). The number of amides is 1. The zero-order valence-electron chi connectivity index (χ0n) is 7.50. The zero-order chi connectivity index (χ0) is 9.84. The molecule has 0 unspecified atom stereocenters. The number of nitrogens with one attached hydrogen (secondary N) is 1. The number of hydrogen-bond donors (Lipinski definition) is 2. The predicted molar refractivity (Wildman–Crippen MR) is 54.2 cm³/mol. The SMILES string of the molecule is CSc1ccc(NC(C)=O)c(O)c1. The summed E-state index contributed by atoms with van der Waals surface area (Å²) in [4.78, 5) is 11.7. The van der Waals surface area contributed by atoms with Gasteiger partial charge in [-0.25, -0.2) is 0 Å². The summed E-state index contributed by atoms with van der Waals surface area (Å²) < 4.78 is 0. The summed E-state index contributed by atoms with van der Waals surface area (Å²) in [5.41, 5.74) is 0.449. The summed E-state index contributed by atoms with van der Waals surface area (Å²) in [7, 11) is 0. The molecule has 1 amide bonds. The fourth-order valence-electron chi connectivity index (χ4n) is 0.934. The molecule has 3 nitrogen and oxygen atoms in total. The summed E-state index contributed by atoms with van der Waals surface area (Å²) in [6.45, 7) is 1.40. The average molecular weight is 197 g/mol. The summed E-state index contributed by atoms with van der Waals surface area (Å²) in [5, 5.41) is 12.0. The quantitative estimate of drug-likeness (QED) is 0.563. The van der Waals surface area contributed by atoms with Crippen LogP contribution in [-0.4, -0.2) is 17.3 Å². The van der Waals surface area contributed by atoms with Crippen molar-refractivity contribution in [2.45, 2.75) is 11.8 Å². The maximum atomic E-state index is 10.7. The molecular weight excluding hydrogens is 186 g/mol. The number of carbonyl (C=O) groups excluding carboxylic acids is 1. The van der Waals surface area contributed by atoms with Gasteiger partial charge in [-0.3, -0.25) is 4.79 Å². The molecule has 0 heterocycles. The van der Waals surface area contributed by atoms with Gasteiger partial charge in [-0.1, -0.05) is 0 Å². The first-order chi connectivity index (χ1) is 6.13. The molecule has 1 aromatic rings. The second-order valence-electron chi connectivity index (χ2n) is 2.56. The first-order valence-electron chi connectivity index (χ1n) is 3.78. The minimum absolute atomic E-state index is 0.0991. The Bertz CT molecular complexity index is 325. The first kappa shape index (κ1) is 9.92. The highest BCUT2D eigenvalue weighted by atomic mass is 32.2. The Labute approximate surface area is 81.2 Å². The summed E-state index contributed by atoms with van der Waals surface area (Å²) in [5.74, 6) is -0.0887. The smallest absolute Gasteiger partial charge is 0.221 e. The molecule has 0 spiro atoms. The van der Waals surface area contributed by atoms with Gasteiger partial charge in [0.25, 0.3) is 0 Å². The Kier molecular flexibility index (Phi) is 3.19. The second kappa shape index (κ2) is 4.18. The molecule has 0 aromatic heterocycles. The van der Waals surface area contributed by atoms with E-state index in [0.29, 0.717) is 5.69 Å². The lowest BCUT2D eigenvalue weighted by Gasteiger charge is -2.05. The molecule has 0 aliphatic carbocycles. The molecule has 0 aliphatic heterocycles. The van der Waals surface area contributed by atoms with Crippen LogP contribution in [0, 0.1) is 0 Å². The van der Waals surface area contributed by atoms with Crippen molar-refractivity contribution in [3.05, 3.63) is 18.2 Å². The van der Waals surface area contributed by atoms with Crippen LogP contribution in [0.25, 0.3) is 0 Å². The molecule has 0 radical (unpaired) electrons. The number of carbonyl (C=O) groups is 1. The summed E-state index contributed by atoms with van der Waals surface area (Å²) in [6.07, 6.45) is 1.92. The van der Waals surface area contributed by atoms with Crippen LogP contribution in [0.4, 0.5) is 5.69 Å². The van der Waals surface area contributed by atoms with E-state index < -0.39 is 0 Å². The Balaban J connectivity index is 2.91. The second-order valence-corrected chi connectivity index (χ2v) is 3.44. The summed E-state index contributed by atoms with van der Waals surface area (Å²) in [6, 6.07) is 5.15. The molecular formula is C9H11NO2S. The fourth-order valence-corrected chi connectivity index (χ4v) is 1.37. The van der Waals surface area contributed by atoms with Crippen molar-refractivity contribution in [3.63, 3.8) is 0 Å². The van der Waals surface area contributed by atoms with E-state index in [0.717, 1.165) is 4.90 Å². The standard InChI is InChI=1S/C9H11NO2S/c1-6(11)10-8-4-3-7(13-2)5-9(8)12/h3-5,12H,1-2H3,(H,10,11). The number of phenolic OH excluding ortho intramolecular Hbond substituents is 1. The summed E-state index contributed by atoms with van der Waals surface area (Å²) >= 11 is 1.54. The highest BCUT2D eigenvalue weighted by molar-refractivity contribution is 7.98. The topological polar surface area (TPSA) is 49.3 Å². The van der Waals surface area contributed by atoms with Gasteiger partial charge in [0.2, 0.25) is 5.91 Å². The maximum absolute atomic E-state index is 10.7. The Hall–Kier alpha value is -1.16. The number of anilines is 1. The fraction of sp³-hybridized carbons (Fsp3) is 0.222. The maximum Gasteiger partial charge on any atom is 0.221 e. The van der Waals surface area contributed by atoms with Gasteiger partial charge in [-0.05, 0) is 24.5 Å². The van der Waals surface area contributed by atoms with Gasteiger partial charge in [0.15, 0.2) is 0 Å². The van der Waals surface area contributed by atoms with E-state index in [-0.39, 0.29) is 11.7 Å². The van der Waals surface area contributed by atoms with Crippen LogP contribution in [0.2, 0.25) is 0 Å². The number of benzene rings is 1. The molecule has 0 saturated carbocycles. The molecule has 0 atom stereocenters. The number of thioether (sulfide) groups is 1. The van der Waals surface area contributed by atoms with Gasteiger partial charge in [-0.2, -0.15) is 0 Å². The zero-order valence-corrected chi connectivity index (χ0v) is 8.31. The van der Waals surface area contributed by atoms with E-state index in [1.807, 2.05) is 12.3 Å². The molecule has 0 saturated heterocycles. The van der Waals surface area contributed by atoms with Gasteiger partial charge in [0, 0.05) is 11.8 Å². The molecule has 2 N–H and O–H groups in total. The third-order valence-corrected chi connectivity index (χ3v) is 2.24. The Morgan fingerprint density at radius 2 is 2.23 bits per heavy atom. The molecule has 4 heteroatoms. The van der Waals surface area contributed by atoms with E-state index in [1.165, 1.54) is 18.7 Å². The number of rotatable bonds is 2. The van der Waals surface area contributed by atoms with Crippen molar-refractivity contribution in [1.82, 2.24) is 0 Å². The highest BCUT2D eigenvalue weighted by Gasteiger charge is 2.02. The molecule has 0 fully saturated rings. The lowest BCUT2D eigenvalue weighted by molar-refractivity contribution is -0.114. The normalized spacial score (nSPS) is 9.69. The van der Waals surface area contributed by atoms with E-state index in [1.54, 1.807) is 12.1 Å². The van der Waals surface area contributed by atoms with Gasteiger partial charge < -0.3 is 10.4 Å². The van der Waals surface area contributed by atoms with Crippen molar-refractivity contribution in [1.29, 1.82) is 0 Å². The number of phenols is 1. The van der Waals surface area contributed by atoms with E-state index in [4.69, 9.17) is 0 Å². The predicted octanol–water partition coefficient (Wildman–Crippen LogP) is 2.07. The van der Waals surface area contributed by atoms with Crippen LogP contribution in [0.3, 0.4) is 0 Å². The van der Waals surface area contributed by atoms with Gasteiger partial charge >= 0.3 is 0 Å². The van der Waals surface area contributed by atoms with Crippen LogP contribution < -0.4 is 5.32 Å². The van der Waals surface area contributed by atoms with Crippen LogP contribution >= 0.6 is 11.8 Å². The molecule has 0 aliphatic rings. The third kappa shape index (κ3) is 2.66. The van der Waals surface area contributed by atoms with Gasteiger partial charge in [0.1, 0.15) is 5.75 Å². The molecule has 1 aromatic carbocycles. The largest absolute Gasteiger partial charge is 0.506 e. The van der Waals surface area contributed by atoms with Crippen LogP contribution in [0.1, 0.15) is 6.92 Å². The minimum Gasteiger partial charge on any atom is -0.506 e. The van der Waals surface area contributed by atoms with Crippen LogP contribution in [-0.2, 0) is 4.79 Å². The third-order valence-electron chi connectivity index (χ3n) is 1.52. The van der Waals surface area contributed by atoms with Crippen molar-refractivity contribution >= 4 is 23.4 Å². The van der Waals surface area contributed by atoms with Crippen LogP contribution in [0.5, 0.6) is 5.75 Å². The van der Waals surface area contributed by atoms with Crippen molar-refractivity contribution in [2.75, 3.05) is 11.6 Å². The van der Waals surface area contributed by atoms with Gasteiger partial charge in [0.05, 0.1) is 5.69 Å². The Morgan fingerprint density at radius 1 is 1.54 bits per heavy atom. The lowest BCUT2D eigenvalue weighted by atomic mass is 10.3. The highest BCUT2D eigenvalue weighted by Crippen LogP contribution is 2.27. The average Bonchev–Trinajstić information content (AvgIpc) is 2.08.